The van der Waals surface area contributed by atoms with E-state index >= 15 is 0 Å². The van der Waals surface area contributed by atoms with E-state index in [4.69, 9.17) is 20.3 Å². The first kappa shape index (κ1) is 17.1. The average molecular weight is 386 g/mol. The van der Waals surface area contributed by atoms with Crippen LogP contribution >= 0.6 is 11.3 Å². The number of aromatic nitrogens is 3. The largest absolute Gasteiger partial charge is 0.378 e. The number of nitrogens with zero attached hydrogens (tertiary/aromatic N) is 4. The van der Waals surface area contributed by atoms with E-state index in [-0.39, 0.29) is 5.60 Å². The topological polar surface area (TPSA) is 98.4 Å². The van der Waals surface area contributed by atoms with Crippen LogP contribution in [0.5, 0.6) is 0 Å². The van der Waals surface area contributed by atoms with E-state index in [1.54, 1.807) is 17.7 Å². The zero-order valence-electron chi connectivity index (χ0n) is 15.4. The standard InChI is InChI=1S/C18H22N6O2S/c1-18(2)7-10-11(8-26-18)16(24-3-5-25-6-4-24)22-17-12(10)13-14(27-17)15(23-19)21-9-20-13/h9H,3-8,19H2,1-2H3,(H,20,21,23). The van der Waals surface area contributed by atoms with Crippen molar-refractivity contribution in [1.29, 1.82) is 0 Å². The number of morpholine rings is 1. The van der Waals surface area contributed by atoms with E-state index in [2.05, 4.69) is 34.1 Å². The van der Waals surface area contributed by atoms with Crippen molar-refractivity contribution in [2.24, 2.45) is 5.84 Å². The number of thiophene rings is 1. The lowest BCUT2D eigenvalue weighted by atomic mass is 9.90. The van der Waals surface area contributed by atoms with Gasteiger partial charge in [-0.1, -0.05) is 0 Å². The van der Waals surface area contributed by atoms with E-state index in [1.165, 1.54) is 11.1 Å². The third-order valence-electron chi connectivity index (χ3n) is 5.25. The smallest absolute Gasteiger partial charge is 0.161 e. The fourth-order valence-electron chi connectivity index (χ4n) is 3.93. The normalized spacial score (nSPS) is 19.4. The second-order valence-electron chi connectivity index (χ2n) is 7.54. The number of pyridine rings is 1. The van der Waals surface area contributed by atoms with E-state index in [0.29, 0.717) is 12.4 Å². The number of nitrogen functional groups attached to an aromatic ring is 1. The van der Waals surface area contributed by atoms with Crippen molar-refractivity contribution in [2.75, 3.05) is 36.6 Å². The molecule has 1 fully saturated rings. The molecule has 3 aromatic heterocycles. The Labute approximate surface area is 160 Å². The number of nitrogens with one attached hydrogen (secondary N) is 1. The van der Waals surface area contributed by atoms with Crippen LogP contribution in [0, 0.1) is 0 Å². The molecule has 8 nitrogen and oxygen atoms in total. The third kappa shape index (κ3) is 2.73. The van der Waals surface area contributed by atoms with Crippen molar-refractivity contribution in [3.8, 4) is 0 Å². The number of ether oxygens (including phenoxy) is 2. The maximum absolute atomic E-state index is 6.15. The van der Waals surface area contributed by atoms with E-state index in [9.17, 15) is 0 Å². The molecule has 27 heavy (non-hydrogen) atoms. The van der Waals surface area contributed by atoms with Crippen LogP contribution in [0.2, 0.25) is 0 Å². The molecule has 1 saturated heterocycles. The predicted molar refractivity (Wildman–Crippen MR) is 106 cm³/mol. The first-order chi connectivity index (χ1) is 13.1. The number of hydrazine groups is 1. The maximum Gasteiger partial charge on any atom is 0.161 e. The van der Waals surface area contributed by atoms with Gasteiger partial charge in [0.2, 0.25) is 0 Å². The molecule has 0 unspecified atom stereocenters. The lowest BCUT2D eigenvalue weighted by molar-refractivity contribution is -0.0396. The molecule has 142 valence electrons. The Bertz CT molecular complexity index is 1030. The van der Waals surface area contributed by atoms with Gasteiger partial charge in [-0.25, -0.2) is 20.8 Å². The summed E-state index contributed by atoms with van der Waals surface area (Å²) < 4.78 is 12.6. The van der Waals surface area contributed by atoms with Gasteiger partial charge in [0.05, 0.1) is 35.6 Å². The first-order valence-corrected chi connectivity index (χ1v) is 9.91. The number of anilines is 2. The lowest BCUT2D eigenvalue weighted by Crippen LogP contribution is -2.39. The monoisotopic (exact) mass is 386 g/mol. The van der Waals surface area contributed by atoms with Crippen molar-refractivity contribution in [3.05, 3.63) is 17.5 Å². The number of fused-ring (bicyclic) bond motifs is 5. The molecule has 0 radical (unpaired) electrons. The van der Waals surface area contributed by atoms with Crippen molar-refractivity contribution in [1.82, 2.24) is 15.0 Å². The Morgan fingerprint density at radius 3 is 2.81 bits per heavy atom. The predicted octanol–water partition coefficient (Wildman–Crippen LogP) is 2.21. The minimum Gasteiger partial charge on any atom is -0.378 e. The number of hydrogen-bond donors (Lipinski definition) is 2. The lowest BCUT2D eigenvalue weighted by Gasteiger charge is -2.36. The SMILES string of the molecule is CC1(C)Cc2c(c(N3CCOCC3)nc3sc4c(NN)ncnc4c23)CO1. The zero-order chi connectivity index (χ0) is 18.6. The van der Waals surface area contributed by atoms with E-state index in [1.807, 2.05) is 0 Å². The highest BCUT2D eigenvalue weighted by molar-refractivity contribution is 7.26. The van der Waals surface area contributed by atoms with Crippen LogP contribution in [0.25, 0.3) is 20.4 Å². The van der Waals surface area contributed by atoms with Gasteiger partial charge in [0.1, 0.15) is 17.0 Å². The molecule has 3 aromatic rings. The number of hydrogen-bond acceptors (Lipinski definition) is 9. The summed E-state index contributed by atoms with van der Waals surface area (Å²) in [7, 11) is 0. The molecule has 2 aliphatic heterocycles. The molecule has 0 aromatic carbocycles. The molecule has 5 rings (SSSR count). The van der Waals surface area contributed by atoms with Gasteiger partial charge in [-0.3, -0.25) is 0 Å². The molecular weight excluding hydrogens is 364 g/mol. The molecule has 0 aliphatic carbocycles. The molecule has 0 amide bonds. The molecule has 0 saturated carbocycles. The van der Waals surface area contributed by atoms with Gasteiger partial charge in [-0.2, -0.15) is 0 Å². The van der Waals surface area contributed by atoms with E-state index in [0.717, 1.165) is 59.0 Å². The minimum atomic E-state index is -0.222. The summed E-state index contributed by atoms with van der Waals surface area (Å²) in [6.07, 6.45) is 2.37. The Morgan fingerprint density at radius 2 is 2.04 bits per heavy atom. The van der Waals surface area contributed by atoms with Crippen LogP contribution < -0.4 is 16.2 Å². The maximum atomic E-state index is 6.15. The summed E-state index contributed by atoms with van der Waals surface area (Å²) in [5, 5.41) is 1.11. The fraction of sp³-hybridized carbons (Fsp3) is 0.500. The minimum absolute atomic E-state index is 0.222. The summed E-state index contributed by atoms with van der Waals surface area (Å²) in [5.74, 6) is 7.32. The highest BCUT2D eigenvalue weighted by atomic mass is 32.1. The summed E-state index contributed by atoms with van der Waals surface area (Å²) in [6, 6.07) is 0. The van der Waals surface area contributed by atoms with Crippen LogP contribution in [0.3, 0.4) is 0 Å². The van der Waals surface area contributed by atoms with Crippen LogP contribution in [0.15, 0.2) is 6.33 Å². The highest BCUT2D eigenvalue weighted by Crippen LogP contribution is 2.43. The molecule has 0 atom stereocenters. The summed E-state index contributed by atoms with van der Waals surface area (Å²) >= 11 is 1.59. The quantitative estimate of drug-likeness (QED) is 0.511. The molecular formula is C18H22N6O2S. The second-order valence-corrected chi connectivity index (χ2v) is 8.54. The fourth-order valence-corrected chi connectivity index (χ4v) is 5.04. The third-order valence-corrected chi connectivity index (χ3v) is 6.33. The van der Waals surface area contributed by atoms with Crippen LogP contribution in [0.4, 0.5) is 11.6 Å². The van der Waals surface area contributed by atoms with Gasteiger partial charge >= 0.3 is 0 Å². The van der Waals surface area contributed by atoms with Crippen molar-refractivity contribution < 1.29 is 9.47 Å². The molecule has 2 aliphatic rings. The van der Waals surface area contributed by atoms with Gasteiger partial charge in [-0.15, -0.1) is 11.3 Å². The Balaban J connectivity index is 1.81. The molecule has 5 heterocycles. The van der Waals surface area contributed by atoms with Gasteiger partial charge in [-0.05, 0) is 19.4 Å². The van der Waals surface area contributed by atoms with Crippen molar-refractivity contribution in [3.63, 3.8) is 0 Å². The van der Waals surface area contributed by atoms with E-state index < -0.39 is 0 Å². The molecule has 3 N–H and O–H groups in total. The Hall–Kier alpha value is -2.07. The molecule has 0 spiro atoms. The summed E-state index contributed by atoms with van der Waals surface area (Å²) in [6.45, 7) is 7.95. The Morgan fingerprint density at radius 1 is 1.22 bits per heavy atom. The van der Waals surface area contributed by atoms with Crippen molar-refractivity contribution in [2.45, 2.75) is 32.5 Å². The van der Waals surface area contributed by atoms with Crippen LogP contribution in [0.1, 0.15) is 25.0 Å². The number of rotatable bonds is 2. The van der Waals surface area contributed by atoms with Crippen LogP contribution in [-0.2, 0) is 22.5 Å². The molecule has 0 bridgehead atoms. The number of nitrogens with two attached hydrogens (primary N) is 1. The zero-order valence-corrected chi connectivity index (χ0v) is 16.2. The van der Waals surface area contributed by atoms with Gasteiger partial charge in [0, 0.05) is 30.5 Å². The highest BCUT2D eigenvalue weighted by Gasteiger charge is 2.33. The van der Waals surface area contributed by atoms with Crippen LogP contribution in [-0.4, -0.2) is 46.9 Å². The molecule has 9 heteroatoms. The second kappa shape index (κ2) is 6.23. The summed E-state index contributed by atoms with van der Waals surface area (Å²) in [5.41, 5.74) is 5.83. The van der Waals surface area contributed by atoms with Gasteiger partial charge in [0.15, 0.2) is 5.82 Å². The summed E-state index contributed by atoms with van der Waals surface area (Å²) in [4.78, 5) is 17.1. The van der Waals surface area contributed by atoms with Gasteiger partial charge < -0.3 is 19.8 Å². The average Bonchev–Trinajstić information content (AvgIpc) is 3.06. The van der Waals surface area contributed by atoms with Crippen molar-refractivity contribution >= 4 is 43.4 Å². The Kier molecular flexibility index (Phi) is 3.94. The first-order valence-electron chi connectivity index (χ1n) is 9.09. The van der Waals surface area contributed by atoms with Gasteiger partial charge in [0.25, 0.3) is 0 Å².